The molecule has 2 aromatic rings. The van der Waals surface area contributed by atoms with E-state index in [1.165, 1.54) is 18.0 Å². The van der Waals surface area contributed by atoms with Crippen LogP contribution in [0.15, 0.2) is 6.20 Å². The smallest absolute Gasteiger partial charge is 0.353 e. The van der Waals surface area contributed by atoms with Crippen LogP contribution < -0.4 is 9.47 Å². The van der Waals surface area contributed by atoms with Crippen LogP contribution in [0.4, 0.5) is 5.69 Å². The second kappa shape index (κ2) is 7.01. The largest absolute Gasteiger partial charge is 0.479 e. The molecule has 0 saturated heterocycles. The van der Waals surface area contributed by atoms with E-state index in [2.05, 4.69) is 15.1 Å². The van der Waals surface area contributed by atoms with Gasteiger partial charge < -0.3 is 14.6 Å². The Labute approximate surface area is 131 Å². The summed E-state index contributed by atoms with van der Waals surface area (Å²) in [4.78, 5) is 18.9. The third-order valence-electron chi connectivity index (χ3n) is 3.06. The summed E-state index contributed by atoms with van der Waals surface area (Å²) >= 11 is 0. The van der Waals surface area contributed by atoms with Crippen LogP contribution in [0.2, 0.25) is 0 Å². The van der Waals surface area contributed by atoms with E-state index in [1.54, 1.807) is 13.8 Å². The molecular formula is C13H17N5O5. The molecule has 23 heavy (non-hydrogen) atoms. The van der Waals surface area contributed by atoms with Crippen LogP contribution in [0, 0.1) is 24.0 Å². The van der Waals surface area contributed by atoms with E-state index in [-0.39, 0.29) is 36.4 Å². The normalized spacial score (nSPS) is 10.6. The van der Waals surface area contributed by atoms with Crippen LogP contribution in [0.3, 0.4) is 0 Å². The fourth-order valence-electron chi connectivity index (χ4n) is 1.98. The Hall–Kier alpha value is -2.75. The summed E-state index contributed by atoms with van der Waals surface area (Å²) in [5, 5.41) is 24.2. The number of nitrogens with zero attached hydrogens (tertiary/aromatic N) is 5. The van der Waals surface area contributed by atoms with Crippen molar-refractivity contribution in [2.45, 2.75) is 20.3 Å². The molecule has 2 rings (SSSR count). The lowest BCUT2D eigenvalue weighted by molar-refractivity contribution is -0.386. The van der Waals surface area contributed by atoms with Crippen molar-refractivity contribution in [3.05, 3.63) is 27.8 Å². The van der Waals surface area contributed by atoms with E-state index in [9.17, 15) is 10.1 Å². The average molecular weight is 323 g/mol. The first-order chi connectivity index (χ1) is 11.0. The molecule has 0 spiro atoms. The van der Waals surface area contributed by atoms with Gasteiger partial charge in [0, 0.05) is 13.0 Å². The number of rotatable bonds is 7. The average Bonchev–Trinajstić information content (AvgIpc) is 2.84. The molecule has 0 aliphatic rings. The van der Waals surface area contributed by atoms with Crippen LogP contribution in [0.5, 0.6) is 11.8 Å². The van der Waals surface area contributed by atoms with Crippen molar-refractivity contribution in [1.82, 2.24) is 19.7 Å². The van der Waals surface area contributed by atoms with Crippen LogP contribution in [-0.4, -0.2) is 50.1 Å². The van der Waals surface area contributed by atoms with Crippen LogP contribution in [0.1, 0.15) is 17.9 Å². The molecular weight excluding hydrogens is 306 g/mol. The minimum atomic E-state index is -0.561. The summed E-state index contributed by atoms with van der Waals surface area (Å²) in [6, 6.07) is 0. The van der Waals surface area contributed by atoms with Gasteiger partial charge in [-0.15, -0.1) is 5.10 Å². The fraction of sp³-hybridized carbons (Fsp3) is 0.462. The Balaban J connectivity index is 2.51. The third-order valence-corrected chi connectivity index (χ3v) is 3.06. The van der Waals surface area contributed by atoms with E-state index in [1.807, 2.05) is 0 Å². The number of ether oxygens (including phenoxy) is 2. The predicted molar refractivity (Wildman–Crippen MR) is 79.0 cm³/mol. The summed E-state index contributed by atoms with van der Waals surface area (Å²) in [5.41, 5.74) is 0.390. The lowest BCUT2D eigenvalue weighted by Gasteiger charge is -2.08. The van der Waals surface area contributed by atoms with E-state index < -0.39 is 4.92 Å². The molecule has 0 fully saturated rings. The zero-order chi connectivity index (χ0) is 17.0. The Morgan fingerprint density at radius 3 is 2.74 bits per heavy atom. The minimum Gasteiger partial charge on any atom is -0.479 e. The van der Waals surface area contributed by atoms with E-state index >= 15 is 0 Å². The molecule has 0 amide bonds. The Kier molecular flexibility index (Phi) is 5.06. The van der Waals surface area contributed by atoms with Gasteiger partial charge in [0.15, 0.2) is 0 Å². The molecule has 1 N–H and O–H groups in total. The van der Waals surface area contributed by atoms with Crippen molar-refractivity contribution in [1.29, 1.82) is 0 Å². The van der Waals surface area contributed by atoms with Crippen LogP contribution >= 0.6 is 0 Å². The summed E-state index contributed by atoms with van der Waals surface area (Å²) in [7, 11) is 1.44. The van der Waals surface area contributed by atoms with Gasteiger partial charge in [0.05, 0.1) is 24.8 Å². The van der Waals surface area contributed by atoms with Crippen molar-refractivity contribution >= 4 is 5.69 Å². The van der Waals surface area contributed by atoms with Gasteiger partial charge in [-0.3, -0.25) is 10.1 Å². The number of methoxy groups -OCH3 is 1. The zero-order valence-corrected chi connectivity index (χ0v) is 13.0. The van der Waals surface area contributed by atoms with Gasteiger partial charge in [-0.05, 0) is 13.8 Å². The Morgan fingerprint density at radius 1 is 1.39 bits per heavy atom. The molecule has 0 unspecified atom stereocenters. The van der Waals surface area contributed by atoms with Gasteiger partial charge in [0.25, 0.3) is 0 Å². The molecule has 10 heteroatoms. The van der Waals surface area contributed by atoms with Gasteiger partial charge in [-0.1, -0.05) is 0 Å². The standard InChI is InChI=1S/C13H17N5O5/c1-8-11(18(20)21)13(23-6-4-5-19)16-17(8)10-7-14-9(2)15-12(10)22-3/h7,19H,4-6H2,1-3H3. The first kappa shape index (κ1) is 16.6. The molecule has 0 atom stereocenters. The maximum atomic E-state index is 11.3. The zero-order valence-electron chi connectivity index (χ0n) is 13.0. The van der Waals surface area contributed by atoms with Gasteiger partial charge in [-0.2, -0.15) is 4.98 Å². The van der Waals surface area contributed by atoms with Gasteiger partial charge in [0.1, 0.15) is 17.2 Å². The summed E-state index contributed by atoms with van der Waals surface area (Å²) in [6.07, 6.45) is 1.82. The molecule has 0 aromatic carbocycles. The highest BCUT2D eigenvalue weighted by molar-refractivity contribution is 5.51. The monoisotopic (exact) mass is 323 g/mol. The lowest BCUT2D eigenvalue weighted by Crippen LogP contribution is -2.06. The first-order valence-corrected chi connectivity index (χ1v) is 6.85. The lowest BCUT2D eigenvalue weighted by atomic mass is 10.3. The van der Waals surface area contributed by atoms with Gasteiger partial charge >= 0.3 is 11.6 Å². The van der Waals surface area contributed by atoms with Crippen molar-refractivity contribution in [3.8, 4) is 17.4 Å². The molecule has 0 saturated carbocycles. The molecule has 124 valence electrons. The minimum absolute atomic E-state index is 0.0763. The fourth-order valence-corrected chi connectivity index (χ4v) is 1.98. The first-order valence-electron chi connectivity index (χ1n) is 6.85. The van der Waals surface area contributed by atoms with Crippen molar-refractivity contribution in [2.24, 2.45) is 0 Å². The summed E-state index contributed by atoms with van der Waals surface area (Å²) in [5.74, 6) is 0.632. The molecule has 0 aliphatic heterocycles. The number of hydrogen-bond donors (Lipinski definition) is 1. The third kappa shape index (κ3) is 3.37. The number of aliphatic hydroxyl groups is 1. The topological polar surface area (TPSA) is 125 Å². The highest BCUT2D eigenvalue weighted by Gasteiger charge is 2.28. The number of nitro groups is 1. The van der Waals surface area contributed by atoms with Gasteiger partial charge in [0.2, 0.25) is 5.88 Å². The number of aromatic nitrogens is 4. The molecule has 0 bridgehead atoms. The molecule has 0 aliphatic carbocycles. The maximum Gasteiger partial charge on any atom is 0.353 e. The summed E-state index contributed by atoms with van der Waals surface area (Å²) < 4.78 is 11.8. The van der Waals surface area contributed by atoms with Crippen LogP contribution in [0.25, 0.3) is 5.69 Å². The molecule has 2 heterocycles. The molecule has 2 aromatic heterocycles. The quantitative estimate of drug-likeness (QED) is 0.453. The summed E-state index contributed by atoms with van der Waals surface area (Å²) in [6.45, 7) is 3.29. The Morgan fingerprint density at radius 2 is 2.13 bits per heavy atom. The maximum absolute atomic E-state index is 11.3. The number of aryl methyl sites for hydroxylation is 1. The predicted octanol–water partition coefficient (Wildman–Crippen LogP) is 0.957. The second-order valence-corrected chi connectivity index (χ2v) is 4.65. The Bertz CT molecular complexity index is 715. The SMILES string of the molecule is COc1nc(C)ncc1-n1nc(OCCCO)c([N+](=O)[O-])c1C. The van der Waals surface area contributed by atoms with Crippen molar-refractivity contribution in [2.75, 3.05) is 20.3 Å². The number of aliphatic hydroxyl groups excluding tert-OH is 1. The molecule has 10 nitrogen and oxygen atoms in total. The van der Waals surface area contributed by atoms with Gasteiger partial charge in [-0.25, -0.2) is 9.67 Å². The van der Waals surface area contributed by atoms with E-state index in [4.69, 9.17) is 14.6 Å². The van der Waals surface area contributed by atoms with E-state index in [0.29, 0.717) is 17.9 Å². The van der Waals surface area contributed by atoms with E-state index in [0.717, 1.165) is 0 Å². The highest BCUT2D eigenvalue weighted by Crippen LogP contribution is 2.33. The highest BCUT2D eigenvalue weighted by atomic mass is 16.6. The second-order valence-electron chi connectivity index (χ2n) is 4.65. The van der Waals surface area contributed by atoms with Crippen molar-refractivity contribution in [3.63, 3.8) is 0 Å². The molecule has 0 radical (unpaired) electrons. The van der Waals surface area contributed by atoms with Crippen LogP contribution in [-0.2, 0) is 0 Å². The number of hydrogen-bond acceptors (Lipinski definition) is 8. The van der Waals surface area contributed by atoms with Crippen molar-refractivity contribution < 1.29 is 19.5 Å².